The van der Waals surface area contributed by atoms with Crippen LogP contribution in [0.15, 0.2) is 98.8 Å². The first kappa shape index (κ1) is 95.1. The fourth-order valence-corrected chi connectivity index (χ4v) is 26.5. The molecule has 0 heterocycles. The summed E-state index contributed by atoms with van der Waals surface area (Å²) >= 11 is -3.30. The van der Waals surface area contributed by atoms with Crippen LogP contribution in [0.4, 0.5) is 0 Å². The Balaban J connectivity index is 0.000000138. The predicted octanol–water partition coefficient (Wildman–Crippen LogP) is 26.2. The Bertz CT molecular complexity index is 4040. The van der Waals surface area contributed by atoms with Crippen LogP contribution in [0.2, 0.25) is 0 Å². The molecule has 0 atom stereocenters. The number of halogens is 8. The van der Waals surface area contributed by atoms with E-state index in [4.69, 9.17) is 102 Å². The fraction of sp³-hybridized carbons (Fsp3) is 0.634. The number of aromatic hydroxyl groups is 4. The third-order valence-corrected chi connectivity index (χ3v) is 30.0. The Morgan fingerprint density at radius 2 is 0.632 bits per heavy atom. The molecule has 0 saturated heterocycles. The molecule has 0 spiro atoms. The van der Waals surface area contributed by atoms with E-state index in [9.17, 15) is 20.4 Å². The summed E-state index contributed by atoms with van der Waals surface area (Å²) in [6.45, 7) is 4.17. The summed E-state index contributed by atoms with van der Waals surface area (Å²) in [5.74, 6) is 16.3. The molecule has 0 unspecified atom stereocenters. The number of phenols is 4. The van der Waals surface area contributed by atoms with Crippen molar-refractivity contribution >= 4 is 93.0 Å². The molecule has 634 valence electrons. The van der Waals surface area contributed by atoms with Gasteiger partial charge in [-0.25, -0.2) is 0 Å². The second-order valence-electron chi connectivity index (χ2n) is 37.7. The minimum absolute atomic E-state index is 0.165. The third kappa shape index (κ3) is 23.3. The van der Waals surface area contributed by atoms with Gasteiger partial charge in [-0.15, -0.1) is 0 Å². The average molecular weight is 2070 g/mol. The van der Waals surface area contributed by atoms with Crippen LogP contribution in [0.1, 0.15) is 269 Å². The predicted molar refractivity (Wildman–Crippen MR) is 470 cm³/mol. The van der Waals surface area contributed by atoms with Gasteiger partial charge >= 0.3 is 151 Å². The SMILES string of the molecule is CN=Cc1cc(OC)cc(C(C)(C)c2ccccc2)c1O.COc1cc(C=NC2C3CC4CC(C3)CC2C4)c(O)c(C23CC4CC(CC(C4)C2)C3)c1.COc1cc(C=NC2CCCC2)c(O)c(C23CC4CC(CC(C4)C2)C3)c1.COc1cc(C=NC2CCCCC2)c(O)c(C23CC4CC(CC(C4)C2)C3)c1.[Cl][Zr][Cl].[Cl][Zr][Cl].[Cl][Zr][Cl].[Cl][Zr][Cl]. The first-order chi connectivity index (χ1) is 56.5. The molecule has 23 rings (SSSR count). The first-order valence-corrected chi connectivity index (χ1v) is 68.5. The number of rotatable bonds is 16. The van der Waals surface area contributed by atoms with E-state index in [2.05, 4.69) is 49.2 Å². The Morgan fingerprint density at radius 3 is 0.932 bits per heavy atom. The van der Waals surface area contributed by atoms with Crippen molar-refractivity contribution in [2.45, 2.75) is 259 Å². The molecule has 18 aliphatic carbocycles. The van der Waals surface area contributed by atoms with Gasteiger partial charge in [-0.1, -0.05) is 76.3 Å². The maximum absolute atomic E-state index is 11.5. The van der Waals surface area contributed by atoms with Gasteiger partial charge in [0, 0.05) is 93.9 Å². The number of benzene rings is 5. The van der Waals surface area contributed by atoms with Crippen LogP contribution in [0.5, 0.6) is 46.0 Å². The molecule has 18 aliphatic rings. The van der Waals surface area contributed by atoms with Gasteiger partial charge in [0.05, 0.1) is 34.5 Å². The Labute approximate surface area is 772 Å². The molecule has 0 aromatic heterocycles. The summed E-state index contributed by atoms with van der Waals surface area (Å²) in [7, 11) is 48.0. The van der Waals surface area contributed by atoms with Gasteiger partial charge in [-0.05, 0) is 321 Å². The zero-order valence-corrected chi connectivity index (χ0v) is 85.3. The molecule has 117 heavy (non-hydrogen) atoms. The van der Waals surface area contributed by atoms with E-state index in [1.54, 1.807) is 47.8 Å². The summed E-state index contributed by atoms with van der Waals surface area (Å²) in [6.07, 6.45) is 49.8. The monoisotopic (exact) mass is 2060 g/mol. The van der Waals surface area contributed by atoms with Crippen LogP contribution >= 0.6 is 68.1 Å². The third-order valence-electron chi connectivity index (χ3n) is 30.0. The van der Waals surface area contributed by atoms with Crippen molar-refractivity contribution in [3.63, 3.8) is 0 Å². The molecule has 0 aliphatic heterocycles. The van der Waals surface area contributed by atoms with Crippen molar-refractivity contribution < 1.29 is 123 Å². The Hall–Kier alpha value is -0.968. The molecular formula is C93H122Cl8N4O8Zr4. The molecular weight excluding hydrogens is 1950 g/mol. The summed E-state index contributed by atoms with van der Waals surface area (Å²) in [4.78, 5) is 18.8. The van der Waals surface area contributed by atoms with Crippen molar-refractivity contribution in [2.75, 3.05) is 35.5 Å². The summed E-state index contributed by atoms with van der Waals surface area (Å²) in [6, 6.07) is 27.4. The molecule has 0 amide bonds. The van der Waals surface area contributed by atoms with Crippen molar-refractivity contribution in [3.05, 3.63) is 129 Å². The number of nitrogens with zero attached hydrogens (tertiary/aromatic N) is 4. The van der Waals surface area contributed by atoms with E-state index >= 15 is 0 Å². The molecule has 12 nitrogen and oxygen atoms in total. The first-order valence-electron chi connectivity index (χ1n) is 43.1. The van der Waals surface area contributed by atoms with Crippen LogP contribution in [0, 0.1) is 76.9 Å². The van der Waals surface area contributed by atoms with Gasteiger partial charge in [0.1, 0.15) is 46.0 Å². The standard InChI is InChI=1S/C28H37NO2.C24H33NO2.C23H31NO2.C18H21NO2.8ClH.4Zr/c1-31-24-10-23(15-29-26-21-6-16-2-17(8-21)9-22(26)7-16)27(30)25(11-24)28-12-18-3-19(13-28)5-20(4-18)14-28;1-27-21-10-19(15-25-20-5-3-2-4-6-20)23(26)22(11-21)24-12-16-7-17(13-24)9-18(8-16)14-24;1-26-20-9-18(14-24-19-4-2-3-5-19)22(25)21(10-20)23-11-15-6-16(12-23)8-17(7-15)13-23;1-18(2,14-8-6-5-7-9-14)16-11-15(21-4)10-13(12-19-3)17(16)20;;;;;;;;;;;;/h10-11,15-22,26,30H,2-9,12-14H2,1H3;10-11,15-18,20,26H,2-9,12-14H2,1H3;9-10,14-17,19,25H,2-8,11-13H2,1H3;5-12,20H,1-4H3;8*1H;;;;/q;;;;;;;;;;;;4*+2/p-8. The molecule has 18 saturated carbocycles. The number of aliphatic imine (C=N–C) groups is 4. The zero-order valence-electron chi connectivity index (χ0n) is 69.4. The number of hydrogen-bond acceptors (Lipinski definition) is 12. The molecule has 18 fully saturated rings. The van der Waals surface area contributed by atoms with E-state index in [1.165, 1.54) is 205 Å². The number of phenolic OH excluding ortho intramolecular Hbond substituents is 4. The molecule has 4 N–H and O–H groups in total. The normalized spacial score (nSPS) is 31.3. The average Bonchev–Trinajstić information content (AvgIpc) is 0.789. The van der Waals surface area contributed by atoms with E-state index in [0.717, 1.165) is 139 Å². The molecule has 0 radical (unpaired) electrons. The summed E-state index contributed by atoms with van der Waals surface area (Å²) < 4.78 is 22.3. The van der Waals surface area contributed by atoms with Crippen molar-refractivity contribution in [1.82, 2.24) is 0 Å². The van der Waals surface area contributed by atoms with Gasteiger partial charge in [-0.2, -0.15) is 0 Å². The van der Waals surface area contributed by atoms with E-state index in [1.807, 2.05) is 61.1 Å². The van der Waals surface area contributed by atoms with Gasteiger partial charge in [0.2, 0.25) is 0 Å². The van der Waals surface area contributed by atoms with Crippen LogP contribution in [0.3, 0.4) is 0 Å². The van der Waals surface area contributed by atoms with Crippen LogP contribution in [-0.4, -0.2) is 98.9 Å². The van der Waals surface area contributed by atoms with Gasteiger partial charge in [0.15, 0.2) is 0 Å². The van der Waals surface area contributed by atoms with Crippen molar-refractivity contribution in [2.24, 2.45) is 96.9 Å². The van der Waals surface area contributed by atoms with Crippen molar-refractivity contribution in [1.29, 1.82) is 0 Å². The number of ether oxygens (including phenoxy) is 4. The Morgan fingerprint density at radius 1 is 0.359 bits per heavy atom. The summed E-state index contributed by atoms with van der Waals surface area (Å²) in [5.41, 5.74) is 8.82. The topological polar surface area (TPSA) is 167 Å². The van der Waals surface area contributed by atoms with Crippen LogP contribution in [-0.2, 0) is 105 Å². The maximum atomic E-state index is 11.5. The molecule has 5 aromatic carbocycles. The van der Waals surface area contributed by atoms with Crippen LogP contribution in [0.25, 0.3) is 0 Å². The molecule has 24 heteroatoms. The quantitative estimate of drug-likeness (QED) is 0.0708. The number of hydrogen-bond donors (Lipinski definition) is 4. The zero-order chi connectivity index (χ0) is 83.2. The minimum atomic E-state index is -0.826. The number of methoxy groups -OCH3 is 4. The van der Waals surface area contributed by atoms with E-state index < -0.39 is 83.4 Å². The fourth-order valence-electron chi connectivity index (χ4n) is 26.5. The summed E-state index contributed by atoms with van der Waals surface area (Å²) in [5, 5.41) is 44.5. The van der Waals surface area contributed by atoms with Crippen LogP contribution < -0.4 is 18.9 Å². The van der Waals surface area contributed by atoms with E-state index in [-0.39, 0.29) is 27.4 Å². The van der Waals surface area contributed by atoms with Gasteiger partial charge in [-0.3, -0.25) is 20.0 Å². The van der Waals surface area contributed by atoms with Gasteiger partial charge in [0.25, 0.3) is 0 Å². The van der Waals surface area contributed by atoms with E-state index in [0.29, 0.717) is 46.7 Å². The Kier molecular flexibility index (Phi) is 36.3. The van der Waals surface area contributed by atoms with Crippen molar-refractivity contribution in [3.8, 4) is 46.0 Å². The second kappa shape index (κ2) is 44.6. The molecule has 5 aromatic rings. The van der Waals surface area contributed by atoms with Gasteiger partial charge < -0.3 is 39.4 Å². The second-order valence-corrected chi connectivity index (χ2v) is 52.6. The molecule has 16 bridgehead atoms.